The highest BCUT2D eigenvalue weighted by Gasteiger charge is 2.38. The van der Waals surface area contributed by atoms with Gasteiger partial charge in [-0.3, -0.25) is 4.68 Å². The van der Waals surface area contributed by atoms with Crippen LogP contribution >= 0.6 is 0 Å². The molecule has 0 aliphatic carbocycles. The average molecular weight is 352 g/mol. The summed E-state index contributed by atoms with van der Waals surface area (Å²) in [6, 6.07) is 3.29. The monoisotopic (exact) mass is 352 g/mol. The SMILES string of the molecule is CC(C)N1C[C@H](C)N(C)c2cc(-c3cnn(C)c3)c(C(F)(F)F)cc21. The maximum absolute atomic E-state index is 13.8. The molecule has 0 radical (unpaired) electrons. The van der Waals surface area contributed by atoms with Gasteiger partial charge in [0.2, 0.25) is 0 Å². The van der Waals surface area contributed by atoms with Crippen LogP contribution in [0.2, 0.25) is 0 Å². The fourth-order valence-electron chi connectivity index (χ4n) is 3.35. The van der Waals surface area contributed by atoms with E-state index in [9.17, 15) is 13.2 Å². The van der Waals surface area contributed by atoms with Crippen molar-refractivity contribution in [1.82, 2.24) is 9.78 Å². The van der Waals surface area contributed by atoms with Crippen LogP contribution in [0.5, 0.6) is 0 Å². The summed E-state index contributed by atoms with van der Waals surface area (Å²) in [6.45, 7) is 6.79. The van der Waals surface area contributed by atoms with Crippen molar-refractivity contribution in [1.29, 1.82) is 0 Å². The molecule has 1 aromatic heterocycles. The molecule has 4 nitrogen and oxygen atoms in total. The third-order valence-corrected chi connectivity index (χ3v) is 4.87. The molecule has 0 unspecified atom stereocenters. The molecule has 1 atom stereocenters. The van der Waals surface area contributed by atoms with Gasteiger partial charge in [-0.15, -0.1) is 0 Å². The summed E-state index contributed by atoms with van der Waals surface area (Å²) < 4.78 is 42.8. The largest absolute Gasteiger partial charge is 0.417 e. The molecular weight excluding hydrogens is 329 g/mol. The molecule has 2 aromatic rings. The number of halogens is 3. The Hall–Kier alpha value is -2.18. The summed E-state index contributed by atoms with van der Waals surface area (Å²) in [4.78, 5) is 4.09. The lowest BCUT2D eigenvalue weighted by molar-refractivity contribution is -0.137. The van der Waals surface area contributed by atoms with Gasteiger partial charge in [0.1, 0.15) is 0 Å². The third-order valence-electron chi connectivity index (χ3n) is 4.87. The quantitative estimate of drug-likeness (QED) is 0.811. The standard InChI is InChI=1S/C18H23F3N4/c1-11(2)25-9-12(3)24(5)16-6-14(13-8-22-23(4)10-13)15(7-17(16)25)18(19,20)21/h6-8,10-12H,9H2,1-5H3/t12-/m0/s1. The van der Waals surface area contributed by atoms with E-state index in [0.717, 1.165) is 5.69 Å². The molecule has 0 N–H and O–H groups in total. The number of likely N-dealkylation sites (N-methyl/N-ethyl adjacent to an activating group) is 1. The van der Waals surface area contributed by atoms with Crippen LogP contribution in [0.1, 0.15) is 26.3 Å². The van der Waals surface area contributed by atoms with Gasteiger partial charge in [-0.05, 0) is 38.5 Å². The Bertz CT molecular complexity index is 779. The van der Waals surface area contributed by atoms with Crippen LogP contribution in [0.4, 0.5) is 24.5 Å². The molecule has 1 aliphatic heterocycles. The summed E-state index contributed by atoms with van der Waals surface area (Å²) in [6.07, 6.45) is -1.34. The molecule has 1 aliphatic rings. The number of alkyl halides is 3. The Morgan fingerprint density at radius 3 is 2.36 bits per heavy atom. The van der Waals surface area contributed by atoms with Crippen molar-refractivity contribution < 1.29 is 13.2 Å². The van der Waals surface area contributed by atoms with Gasteiger partial charge >= 0.3 is 6.18 Å². The first-order valence-corrected chi connectivity index (χ1v) is 8.33. The minimum Gasteiger partial charge on any atom is -0.368 e. The van der Waals surface area contributed by atoms with E-state index in [1.165, 1.54) is 16.9 Å². The van der Waals surface area contributed by atoms with Crippen LogP contribution < -0.4 is 9.80 Å². The minimum absolute atomic E-state index is 0.125. The maximum Gasteiger partial charge on any atom is 0.417 e. The van der Waals surface area contributed by atoms with Gasteiger partial charge in [0.05, 0.1) is 23.1 Å². The highest BCUT2D eigenvalue weighted by molar-refractivity contribution is 5.83. The molecule has 0 bridgehead atoms. The first-order chi connectivity index (χ1) is 11.6. The Balaban J connectivity index is 2.27. The van der Waals surface area contributed by atoms with E-state index in [2.05, 4.69) is 12.0 Å². The average Bonchev–Trinajstić information content (AvgIpc) is 2.95. The zero-order valence-electron chi connectivity index (χ0n) is 15.1. The summed E-state index contributed by atoms with van der Waals surface area (Å²) in [5.41, 5.74) is 1.48. The molecule has 0 saturated carbocycles. The van der Waals surface area contributed by atoms with Crippen molar-refractivity contribution in [3.05, 3.63) is 30.1 Å². The lowest BCUT2D eigenvalue weighted by Crippen LogP contribution is -2.48. The van der Waals surface area contributed by atoms with Gasteiger partial charge < -0.3 is 9.80 Å². The predicted octanol–water partition coefficient (Wildman–Crippen LogP) is 4.16. The highest BCUT2D eigenvalue weighted by atomic mass is 19.4. The first kappa shape index (κ1) is 17.6. The van der Waals surface area contributed by atoms with E-state index in [0.29, 0.717) is 17.8 Å². The molecule has 25 heavy (non-hydrogen) atoms. The van der Waals surface area contributed by atoms with Crippen molar-refractivity contribution >= 4 is 11.4 Å². The summed E-state index contributed by atoms with van der Waals surface area (Å²) in [7, 11) is 3.63. The zero-order valence-corrected chi connectivity index (χ0v) is 15.1. The Morgan fingerprint density at radius 1 is 1.16 bits per heavy atom. The number of aryl methyl sites for hydroxylation is 1. The molecule has 1 aromatic carbocycles. The van der Waals surface area contributed by atoms with Gasteiger partial charge in [0.25, 0.3) is 0 Å². The number of fused-ring (bicyclic) bond motifs is 1. The minimum atomic E-state index is -4.43. The normalized spacial score (nSPS) is 18.0. The number of anilines is 2. The second-order valence-corrected chi connectivity index (χ2v) is 6.99. The fraction of sp³-hybridized carbons (Fsp3) is 0.500. The number of benzene rings is 1. The lowest BCUT2D eigenvalue weighted by atomic mass is 9.96. The zero-order chi connectivity index (χ0) is 18.5. The topological polar surface area (TPSA) is 24.3 Å². The second kappa shape index (κ2) is 5.97. The van der Waals surface area contributed by atoms with Crippen LogP contribution in [0.3, 0.4) is 0 Å². The van der Waals surface area contributed by atoms with E-state index in [1.807, 2.05) is 30.7 Å². The van der Waals surface area contributed by atoms with E-state index < -0.39 is 11.7 Å². The van der Waals surface area contributed by atoms with Gasteiger partial charge in [-0.25, -0.2) is 0 Å². The maximum atomic E-state index is 13.8. The van der Waals surface area contributed by atoms with Gasteiger partial charge in [0.15, 0.2) is 0 Å². The van der Waals surface area contributed by atoms with Gasteiger partial charge in [-0.1, -0.05) is 0 Å². The summed E-state index contributed by atoms with van der Waals surface area (Å²) >= 11 is 0. The molecular formula is C18H23F3N4. The molecule has 2 heterocycles. The number of rotatable bonds is 2. The van der Waals surface area contributed by atoms with Crippen LogP contribution in [0.25, 0.3) is 11.1 Å². The van der Waals surface area contributed by atoms with Gasteiger partial charge in [0, 0.05) is 44.5 Å². The Labute approximate surface area is 145 Å². The van der Waals surface area contributed by atoms with Crippen molar-refractivity contribution in [3.63, 3.8) is 0 Å². The number of nitrogens with zero attached hydrogens (tertiary/aromatic N) is 4. The van der Waals surface area contributed by atoms with E-state index in [-0.39, 0.29) is 17.6 Å². The van der Waals surface area contributed by atoms with Crippen molar-refractivity contribution in [2.24, 2.45) is 7.05 Å². The molecule has 0 spiro atoms. The second-order valence-electron chi connectivity index (χ2n) is 6.99. The molecule has 7 heteroatoms. The number of hydrogen-bond donors (Lipinski definition) is 0. The predicted molar refractivity (Wildman–Crippen MR) is 94.0 cm³/mol. The number of aromatic nitrogens is 2. The van der Waals surface area contributed by atoms with Crippen LogP contribution in [-0.4, -0.2) is 35.5 Å². The molecule has 136 valence electrons. The molecule has 0 saturated heterocycles. The van der Waals surface area contributed by atoms with Gasteiger partial charge in [-0.2, -0.15) is 18.3 Å². The van der Waals surface area contributed by atoms with Crippen LogP contribution in [0, 0.1) is 0 Å². The summed E-state index contributed by atoms with van der Waals surface area (Å²) in [5.74, 6) is 0. The molecule has 0 amide bonds. The lowest BCUT2D eigenvalue weighted by Gasteiger charge is -2.44. The smallest absolute Gasteiger partial charge is 0.368 e. The Kier molecular flexibility index (Phi) is 4.21. The van der Waals surface area contributed by atoms with E-state index in [1.54, 1.807) is 19.3 Å². The van der Waals surface area contributed by atoms with E-state index in [4.69, 9.17) is 0 Å². The third kappa shape index (κ3) is 3.07. The van der Waals surface area contributed by atoms with Crippen LogP contribution in [-0.2, 0) is 13.2 Å². The van der Waals surface area contributed by atoms with Crippen LogP contribution in [0.15, 0.2) is 24.5 Å². The van der Waals surface area contributed by atoms with E-state index >= 15 is 0 Å². The number of hydrogen-bond acceptors (Lipinski definition) is 3. The molecule has 3 rings (SSSR count). The summed E-state index contributed by atoms with van der Waals surface area (Å²) in [5, 5.41) is 4.03. The van der Waals surface area contributed by atoms with Crippen molar-refractivity contribution in [3.8, 4) is 11.1 Å². The first-order valence-electron chi connectivity index (χ1n) is 8.33. The van der Waals surface area contributed by atoms with Crippen molar-refractivity contribution in [2.45, 2.75) is 39.0 Å². The Morgan fingerprint density at radius 2 is 1.84 bits per heavy atom. The van der Waals surface area contributed by atoms with Crippen molar-refractivity contribution in [2.75, 3.05) is 23.4 Å². The molecule has 0 fully saturated rings. The highest BCUT2D eigenvalue weighted by Crippen LogP contribution is 2.45. The fourth-order valence-corrected chi connectivity index (χ4v) is 3.35.